The van der Waals surface area contributed by atoms with Gasteiger partial charge in [0.1, 0.15) is 5.75 Å². The molecule has 2 rings (SSSR count). The van der Waals surface area contributed by atoms with Crippen molar-refractivity contribution in [2.24, 2.45) is 0 Å². The Bertz CT molecular complexity index is 573. The molecule has 0 aromatic heterocycles. The van der Waals surface area contributed by atoms with Crippen molar-refractivity contribution in [3.8, 4) is 5.75 Å². The van der Waals surface area contributed by atoms with E-state index >= 15 is 0 Å². The maximum Gasteiger partial charge on any atom is 0.153 e. The molecule has 0 atom stereocenters. The molecule has 0 amide bonds. The summed E-state index contributed by atoms with van der Waals surface area (Å²) in [4.78, 5) is 0. The lowest BCUT2D eigenvalue weighted by Crippen LogP contribution is -2.09. The second-order valence-corrected chi connectivity index (χ2v) is 4.44. The molecule has 0 spiro atoms. The van der Waals surface area contributed by atoms with E-state index in [0.29, 0.717) is 0 Å². The van der Waals surface area contributed by atoms with E-state index in [1.807, 2.05) is 63.4 Å². The smallest absolute Gasteiger partial charge is 0.153 e. The highest BCUT2D eigenvalue weighted by Crippen LogP contribution is 2.25. The highest BCUT2D eigenvalue weighted by Gasteiger charge is 2.09. The first-order valence-corrected chi connectivity index (χ1v) is 6.40. The molecule has 0 radical (unpaired) electrons. The third-order valence-electron chi connectivity index (χ3n) is 3.06. The standard InChI is InChI=1S/C17H19NO/c1-13-9-7-8-12-16(13)19-17(14(2)18-3)15-10-5-4-6-11-15/h4-12,18H,1-3H3. The van der Waals surface area contributed by atoms with Gasteiger partial charge in [-0.15, -0.1) is 0 Å². The highest BCUT2D eigenvalue weighted by atomic mass is 16.5. The van der Waals surface area contributed by atoms with Gasteiger partial charge in [0.15, 0.2) is 5.76 Å². The molecule has 0 unspecified atom stereocenters. The maximum absolute atomic E-state index is 6.10. The van der Waals surface area contributed by atoms with Crippen molar-refractivity contribution in [1.29, 1.82) is 0 Å². The number of hydrogen-bond donors (Lipinski definition) is 1. The Morgan fingerprint density at radius 3 is 2.21 bits per heavy atom. The van der Waals surface area contributed by atoms with Gasteiger partial charge in [0, 0.05) is 12.6 Å². The molecular formula is C17H19NO. The van der Waals surface area contributed by atoms with Crippen LogP contribution >= 0.6 is 0 Å². The van der Waals surface area contributed by atoms with Crippen LogP contribution in [0.1, 0.15) is 18.1 Å². The van der Waals surface area contributed by atoms with Crippen molar-refractivity contribution >= 4 is 5.76 Å². The van der Waals surface area contributed by atoms with E-state index in [2.05, 4.69) is 17.4 Å². The quantitative estimate of drug-likeness (QED) is 0.832. The van der Waals surface area contributed by atoms with Gasteiger partial charge in [0.2, 0.25) is 0 Å². The molecule has 0 aliphatic carbocycles. The number of benzene rings is 2. The Labute approximate surface area is 114 Å². The van der Waals surface area contributed by atoms with Crippen LogP contribution in [0, 0.1) is 6.92 Å². The zero-order chi connectivity index (χ0) is 13.7. The fourth-order valence-corrected chi connectivity index (χ4v) is 1.84. The predicted molar refractivity (Wildman–Crippen MR) is 79.9 cm³/mol. The molecule has 0 bridgehead atoms. The average molecular weight is 253 g/mol. The molecule has 19 heavy (non-hydrogen) atoms. The second-order valence-electron chi connectivity index (χ2n) is 4.44. The topological polar surface area (TPSA) is 21.3 Å². The summed E-state index contributed by atoms with van der Waals surface area (Å²) in [6, 6.07) is 18.2. The van der Waals surface area contributed by atoms with Crippen molar-refractivity contribution in [3.05, 3.63) is 71.4 Å². The van der Waals surface area contributed by atoms with E-state index in [-0.39, 0.29) is 0 Å². The molecular weight excluding hydrogens is 234 g/mol. The van der Waals surface area contributed by atoms with Crippen LogP contribution in [0.3, 0.4) is 0 Å². The molecule has 0 saturated heterocycles. The summed E-state index contributed by atoms with van der Waals surface area (Å²) in [7, 11) is 1.90. The highest BCUT2D eigenvalue weighted by molar-refractivity contribution is 5.64. The largest absolute Gasteiger partial charge is 0.455 e. The first-order valence-electron chi connectivity index (χ1n) is 6.40. The van der Waals surface area contributed by atoms with E-state index in [1.165, 1.54) is 0 Å². The number of para-hydroxylation sites is 1. The molecule has 2 nitrogen and oxygen atoms in total. The van der Waals surface area contributed by atoms with Gasteiger partial charge in [-0.2, -0.15) is 0 Å². The SMILES string of the molecule is CNC(C)=C(Oc1ccccc1C)c1ccccc1. The van der Waals surface area contributed by atoms with Crippen LogP contribution in [0.2, 0.25) is 0 Å². The lowest BCUT2D eigenvalue weighted by Gasteiger charge is -2.15. The maximum atomic E-state index is 6.10. The molecule has 2 aromatic carbocycles. The van der Waals surface area contributed by atoms with Crippen molar-refractivity contribution < 1.29 is 4.74 Å². The Morgan fingerprint density at radius 1 is 0.947 bits per heavy atom. The average Bonchev–Trinajstić information content (AvgIpc) is 2.46. The third-order valence-corrected chi connectivity index (χ3v) is 3.06. The Hall–Kier alpha value is -2.22. The van der Waals surface area contributed by atoms with E-state index in [4.69, 9.17) is 4.74 Å². The van der Waals surface area contributed by atoms with Gasteiger partial charge in [-0.05, 0) is 25.5 Å². The molecule has 98 valence electrons. The molecule has 0 fully saturated rings. The zero-order valence-corrected chi connectivity index (χ0v) is 11.6. The normalized spacial score (nSPS) is 11.7. The Kier molecular flexibility index (Phi) is 4.24. The van der Waals surface area contributed by atoms with Gasteiger partial charge in [0.05, 0.1) is 5.70 Å². The van der Waals surface area contributed by atoms with Gasteiger partial charge in [-0.3, -0.25) is 0 Å². The summed E-state index contributed by atoms with van der Waals surface area (Å²) >= 11 is 0. The lowest BCUT2D eigenvalue weighted by molar-refractivity contribution is 0.502. The van der Waals surface area contributed by atoms with Crippen LogP contribution < -0.4 is 10.1 Å². The van der Waals surface area contributed by atoms with E-state index < -0.39 is 0 Å². The number of allylic oxidation sites excluding steroid dienone is 1. The number of aryl methyl sites for hydroxylation is 1. The fourth-order valence-electron chi connectivity index (χ4n) is 1.84. The van der Waals surface area contributed by atoms with Crippen molar-refractivity contribution in [2.45, 2.75) is 13.8 Å². The second kappa shape index (κ2) is 6.10. The predicted octanol–water partition coefficient (Wildman–Crippen LogP) is 3.98. The van der Waals surface area contributed by atoms with Crippen molar-refractivity contribution in [3.63, 3.8) is 0 Å². The monoisotopic (exact) mass is 253 g/mol. The van der Waals surface area contributed by atoms with Crippen LogP contribution in [0.15, 0.2) is 60.3 Å². The molecule has 0 saturated carbocycles. The summed E-state index contributed by atoms with van der Waals surface area (Å²) in [6.07, 6.45) is 0. The Morgan fingerprint density at radius 2 is 1.58 bits per heavy atom. The van der Waals surface area contributed by atoms with E-state index in [1.54, 1.807) is 0 Å². The molecule has 1 N–H and O–H groups in total. The lowest BCUT2D eigenvalue weighted by atomic mass is 10.1. The molecule has 0 aliphatic rings. The first kappa shape index (κ1) is 13.2. The number of nitrogens with one attached hydrogen (secondary N) is 1. The van der Waals surface area contributed by atoms with Crippen LogP contribution in [-0.2, 0) is 0 Å². The fraction of sp³-hybridized carbons (Fsp3) is 0.176. The number of ether oxygens (including phenoxy) is 1. The van der Waals surface area contributed by atoms with Crippen LogP contribution in [0.25, 0.3) is 5.76 Å². The zero-order valence-electron chi connectivity index (χ0n) is 11.6. The Balaban J connectivity index is 2.39. The number of hydrogen-bond acceptors (Lipinski definition) is 2. The van der Waals surface area contributed by atoms with Gasteiger partial charge in [-0.1, -0.05) is 48.5 Å². The minimum atomic E-state index is 0.859. The summed E-state index contributed by atoms with van der Waals surface area (Å²) in [5, 5.41) is 3.16. The van der Waals surface area contributed by atoms with Crippen LogP contribution in [0.4, 0.5) is 0 Å². The number of rotatable bonds is 4. The third kappa shape index (κ3) is 3.16. The van der Waals surface area contributed by atoms with Gasteiger partial charge in [0.25, 0.3) is 0 Å². The van der Waals surface area contributed by atoms with Gasteiger partial charge >= 0.3 is 0 Å². The summed E-state index contributed by atoms with van der Waals surface area (Å²) in [5.74, 6) is 1.74. The summed E-state index contributed by atoms with van der Waals surface area (Å²) < 4.78 is 6.10. The van der Waals surface area contributed by atoms with Crippen LogP contribution in [-0.4, -0.2) is 7.05 Å². The summed E-state index contributed by atoms with van der Waals surface area (Å²) in [5.41, 5.74) is 3.20. The first-order chi connectivity index (χ1) is 9.22. The summed E-state index contributed by atoms with van der Waals surface area (Å²) in [6.45, 7) is 4.06. The van der Waals surface area contributed by atoms with Gasteiger partial charge < -0.3 is 10.1 Å². The molecule has 2 heteroatoms. The van der Waals surface area contributed by atoms with Gasteiger partial charge in [-0.25, -0.2) is 0 Å². The van der Waals surface area contributed by atoms with E-state index in [0.717, 1.165) is 28.3 Å². The van der Waals surface area contributed by atoms with E-state index in [9.17, 15) is 0 Å². The van der Waals surface area contributed by atoms with Crippen LogP contribution in [0.5, 0.6) is 5.75 Å². The minimum Gasteiger partial charge on any atom is -0.455 e. The van der Waals surface area contributed by atoms with Crippen molar-refractivity contribution in [2.75, 3.05) is 7.05 Å². The molecule has 2 aromatic rings. The molecule has 0 heterocycles. The van der Waals surface area contributed by atoms with Crippen molar-refractivity contribution in [1.82, 2.24) is 5.32 Å². The minimum absolute atomic E-state index is 0.859. The molecule has 0 aliphatic heterocycles.